The normalized spacial score (nSPS) is 10.4. The number of rotatable bonds is 15. The highest BCUT2D eigenvalue weighted by atomic mass is 16.5. The van der Waals surface area contributed by atoms with Crippen LogP contribution in [0.3, 0.4) is 0 Å². The summed E-state index contributed by atoms with van der Waals surface area (Å²) >= 11 is 0. The SMILES string of the molecule is O=Cc1ccc(OCCCOc2cc(OCCCOc3ccc(C=O)cc3)cc(-c3ccccc3)c2)cc1. The summed E-state index contributed by atoms with van der Waals surface area (Å²) in [5, 5.41) is 0. The van der Waals surface area contributed by atoms with Gasteiger partial charge in [-0.25, -0.2) is 0 Å². The van der Waals surface area contributed by atoms with Gasteiger partial charge in [0.05, 0.1) is 26.4 Å². The van der Waals surface area contributed by atoms with Gasteiger partial charge in [-0.05, 0) is 71.8 Å². The summed E-state index contributed by atoms with van der Waals surface area (Å²) in [5.41, 5.74) is 3.33. The maximum atomic E-state index is 10.8. The minimum Gasteiger partial charge on any atom is -0.493 e. The quantitative estimate of drug-likeness (QED) is 0.131. The molecule has 6 nitrogen and oxygen atoms in total. The third kappa shape index (κ3) is 8.23. The van der Waals surface area contributed by atoms with Crippen LogP contribution >= 0.6 is 0 Å². The van der Waals surface area contributed by atoms with Crippen molar-refractivity contribution in [3.63, 3.8) is 0 Å². The second-order valence-electron chi connectivity index (χ2n) is 8.53. The minimum absolute atomic E-state index is 0.487. The van der Waals surface area contributed by atoms with Gasteiger partial charge in [0.2, 0.25) is 0 Å². The zero-order valence-corrected chi connectivity index (χ0v) is 21.1. The summed E-state index contributed by atoms with van der Waals surface area (Å²) in [6, 6.07) is 30.1. The topological polar surface area (TPSA) is 71.1 Å². The van der Waals surface area contributed by atoms with Gasteiger partial charge in [-0.3, -0.25) is 9.59 Å². The van der Waals surface area contributed by atoms with E-state index in [1.807, 2.05) is 36.4 Å². The number of carbonyl (C=O) groups is 2. The molecule has 4 aromatic rings. The Bertz CT molecular complexity index is 1200. The molecule has 0 aliphatic carbocycles. The lowest BCUT2D eigenvalue weighted by Crippen LogP contribution is -2.06. The molecule has 4 aromatic carbocycles. The standard InChI is InChI=1S/C32H30O6/c33-23-25-8-12-29(13-9-25)35-16-4-18-37-31-20-28(27-6-2-1-3-7-27)21-32(22-31)38-19-5-17-36-30-14-10-26(24-34)11-15-30/h1-3,6-15,20-24H,4-5,16-19H2. The lowest BCUT2D eigenvalue weighted by molar-refractivity contribution is 0.111. The Hall–Kier alpha value is -4.58. The number of hydrogen-bond acceptors (Lipinski definition) is 6. The van der Waals surface area contributed by atoms with Crippen LogP contribution in [-0.4, -0.2) is 39.0 Å². The molecule has 0 amide bonds. The third-order valence-electron chi connectivity index (χ3n) is 5.67. The van der Waals surface area contributed by atoms with Gasteiger partial charge in [0.25, 0.3) is 0 Å². The molecule has 0 spiro atoms. The van der Waals surface area contributed by atoms with Gasteiger partial charge in [0, 0.05) is 30.0 Å². The van der Waals surface area contributed by atoms with Crippen LogP contribution in [0.4, 0.5) is 0 Å². The number of carbonyl (C=O) groups excluding carboxylic acids is 2. The summed E-state index contributed by atoms with van der Waals surface area (Å²) in [6.45, 7) is 1.97. The lowest BCUT2D eigenvalue weighted by Gasteiger charge is -2.13. The van der Waals surface area contributed by atoms with E-state index in [0.717, 1.165) is 46.7 Å². The van der Waals surface area contributed by atoms with Crippen molar-refractivity contribution in [2.75, 3.05) is 26.4 Å². The van der Waals surface area contributed by atoms with Crippen LogP contribution in [-0.2, 0) is 0 Å². The Morgan fingerprint density at radius 2 is 0.868 bits per heavy atom. The minimum atomic E-state index is 0.487. The largest absolute Gasteiger partial charge is 0.493 e. The molecule has 6 heteroatoms. The average molecular weight is 511 g/mol. The fraction of sp³-hybridized carbons (Fsp3) is 0.188. The first kappa shape index (κ1) is 26.5. The van der Waals surface area contributed by atoms with E-state index < -0.39 is 0 Å². The molecule has 0 heterocycles. The van der Waals surface area contributed by atoms with Crippen LogP contribution in [0.5, 0.6) is 23.0 Å². The van der Waals surface area contributed by atoms with E-state index in [9.17, 15) is 9.59 Å². The number of aldehydes is 2. The Kier molecular flexibility index (Phi) is 9.92. The van der Waals surface area contributed by atoms with Crippen LogP contribution in [0.1, 0.15) is 33.6 Å². The predicted molar refractivity (Wildman–Crippen MR) is 147 cm³/mol. The molecule has 4 rings (SSSR count). The molecule has 0 fully saturated rings. The first-order valence-corrected chi connectivity index (χ1v) is 12.6. The van der Waals surface area contributed by atoms with Crippen LogP contribution in [0.2, 0.25) is 0 Å². The molecule has 0 unspecified atom stereocenters. The fourth-order valence-corrected chi connectivity index (χ4v) is 3.70. The van der Waals surface area contributed by atoms with Crippen LogP contribution in [0.15, 0.2) is 97.1 Å². The number of ether oxygens (including phenoxy) is 4. The van der Waals surface area contributed by atoms with E-state index in [1.165, 1.54) is 0 Å². The van der Waals surface area contributed by atoms with Crippen LogP contribution in [0.25, 0.3) is 11.1 Å². The second-order valence-corrected chi connectivity index (χ2v) is 8.53. The van der Waals surface area contributed by atoms with Gasteiger partial charge in [-0.1, -0.05) is 30.3 Å². The van der Waals surface area contributed by atoms with Gasteiger partial charge in [-0.15, -0.1) is 0 Å². The molecular formula is C32H30O6. The second kappa shape index (κ2) is 14.2. The van der Waals surface area contributed by atoms with Gasteiger partial charge >= 0.3 is 0 Å². The Labute approximate surface area is 222 Å². The Morgan fingerprint density at radius 3 is 1.29 bits per heavy atom. The van der Waals surface area contributed by atoms with E-state index in [4.69, 9.17) is 18.9 Å². The van der Waals surface area contributed by atoms with Gasteiger partial charge in [-0.2, -0.15) is 0 Å². The predicted octanol–water partition coefficient (Wildman–Crippen LogP) is 6.67. The Morgan fingerprint density at radius 1 is 0.447 bits per heavy atom. The summed E-state index contributed by atoms with van der Waals surface area (Å²) in [7, 11) is 0. The highest BCUT2D eigenvalue weighted by Crippen LogP contribution is 2.30. The van der Waals surface area contributed by atoms with Crippen molar-refractivity contribution in [3.05, 3.63) is 108 Å². The van der Waals surface area contributed by atoms with Crippen molar-refractivity contribution in [3.8, 4) is 34.1 Å². The number of hydrogen-bond donors (Lipinski definition) is 0. The molecule has 0 saturated carbocycles. The maximum absolute atomic E-state index is 10.8. The molecule has 0 saturated heterocycles. The summed E-state index contributed by atoms with van der Waals surface area (Å²) < 4.78 is 23.5. The molecular weight excluding hydrogens is 480 g/mol. The zero-order chi connectivity index (χ0) is 26.4. The van der Waals surface area contributed by atoms with Crippen LogP contribution in [0, 0.1) is 0 Å². The molecule has 194 valence electrons. The smallest absolute Gasteiger partial charge is 0.150 e. The highest BCUT2D eigenvalue weighted by Gasteiger charge is 2.06. The molecule has 0 radical (unpaired) electrons. The lowest BCUT2D eigenvalue weighted by atomic mass is 10.1. The van der Waals surface area contributed by atoms with Gasteiger partial charge in [0.15, 0.2) is 0 Å². The molecule has 38 heavy (non-hydrogen) atoms. The first-order chi connectivity index (χ1) is 18.7. The van der Waals surface area contributed by atoms with Crippen molar-refractivity contribution in [1.82, 2.24) is 0 Å². The molecule has 0 aromatic heterocycles. The average Bonchev–Trinajstić information content (AvgIpc) is 2.98. The van der Waals surface area contributed by atoms with Gasteiger partial charge in [0.1, 0.15) is 35.6 Å². The van der Waals surface area contributed by atoms with Crippen molar-refractivity contribution >= 4 is 12.6 Å². The Balaban J connectivity index is 1.28. The zero-order valence-electron chi connectivity index (χ0n) is 21.1. The fourth-order valence-electron chi connectivity index (χ4n) is 3.70. The highest BCUT2D eigenvalue weighted by molar-refractivity contribution is 5.75. The molecule has 0 aliphatic rings. The van der Waals surface area contributed by atoms with E-state index in [1.54, 1.807) is 48.5 Å². The molecule has 0 atom stereocenters. The summed E-state index contributed by atoms with van der Waals surface area (Å²) in [4.78, 5) is 21.5. The van der Waals surface area contributed by atoms with E-state index in [-0.39, 0.29) is 0 Å². The molecule has 0 bridgehead atoms. The monoisotopic (exact) mass is 510 g/mol. The van der Waals surface area contributed by atoms with Gasteiger partial charge < -0.3 is 18.9 Å². The van der Waals surface area contributed by atoms with Crippen molar-refractivity contribution < 1.29 is 28.5 Å². The van der Waals surface area contributed by atoms with E-state index in [2.05, 4.69) is 12.1 Å². The van der Waals surface area contributed by atoms with Crippen LogP contribution < -0.4 is 18.9 Å². The molecule has 0 aliphatic heterocycles. The van der Waals surface area contributed by atoms with E-state index >= 15 is 0 Å². The first-order valence-electron chi connectivity index (χ1n) is 12.6. The van der Waals surface area contributed by atoms with Crippen molar-refractivity contribution in [2.24, 2.45) is 0 Å². The van der Waals surface area contributed by atoms with Crippen molar-refractivity contribution in [1.29, 1.82) is 0 Å². The number of benzene rings is 4. The summed E-state index contributed by atoms with van der Waals surface area (Å²) in [5.74, 6) is 2.89. The molecule has 0 N–H and O–H groups in total. The third-order valence-corrected chi connectivity index (χ3v) is 5.67. The summed E-state index contributed by atoms with van der Waals surface area (Å²) in [6.07, 6.45) is 3.02. The van der Waals surface area contributed by atoms with E-state index in [0.29, 0.717) is 50.4 Å². The van der Waals surface area contributed by atoms with Crippen molar-refractivity contribution in [2.45, 2.75) is 12.8 Å². The maximum Gasteiger partial charge on any atom is 0.150 e.